The summed E-state index contributed by atoms with van der Waals surface area (Å²) in [7, 11) is 1.27. The van der Waals surface area contributed by atoms with Crippen LogP contribution in [-0.4, -0.2) is 25.0 Å². The van der Waals surface area contributed by atoms with Crippen molar-refractivity contribution in [1.82, 2.24) is 0 Å². The van der Waals surface area contributed by atoms with Gasteiger partial charge in [-0.1, -0.05) is 20.8 Å². The smallest absolute Gasteiger partial charge is 0.330 e. The van der Waals surface area contributed by atoms with Gasteiger partial charge in [0.2, 0.25) is 0 Å². The summed E-state index contributed by atoms with van der Waals surface area (Å²) in [6.45, 7) is 10.1. The molecule has 1 aromatic carbocycles. The molecule has 0 saturated carbocycles. The lowest BCUT2D eigenvalue weighted by Crippen LogP contribution is -2.17. The molecule has 0 fully saturated rings. The molecule has 0 saturated heterocycles. The van der Waals surface area contributed by atoms with Gasteiger partial charge in [-0.2, -0.15) is 0 Å². The molecular weight excluding hydrogens is 280 g/mol. The summed E-state index contributed by atoms with van der Waals surface area (Å²) in [5, 5.41) is 0. The second kappa shape index (κ2) is 7.25. The minimum absolute atomic E-state index is 0.0573. The third-order valence-electron chi connectivity index (χ3n) is 3.01. The number of esters is 1. The third kappa shape index (κ3) is 5.02. The Hall–Kier alpha value is -2.10. The van der Waals surface area contributed by atoms with Crippen LogP contribution in [0.5, 0.6) is 5.75 Å². The van der Waals surface area contributed by atoms with Gasteiger partial charge in [-0.3, -0.25) is 4.79 Å². The van der Waals surface area contributed by atoms with E-state index >= 15 is 0 Å². The van der Waals surface area contributed by atoms with Crippen LogP contribution in [0.25, 0.3) is 0 Å². The summed E-state index contributed by atoms with van der Waals surface area (Å²) < 4.78 is 10.3. The van der Waals surface area contributed by atoms with Crippen LogP contribution >= 0.6 is 0 Å². The molecule has 0 atom stereocenters. The molecule has 22 heavy (non-hydrogen) atoms. The summed E-state index contributed by atoms with van der Waals surface area (Å²) in [6.07, 6.45) is 2.40. The van der Waals surface area contributed by atoms with Crippen molar-refractivity contribution < 1.29 is 19.1 Å². The quantitative estimate of drug-likeness (QED) is 0.473. The van der Waals surface area contributed by atoms with E-state index in [-0.39, 0.29) is 17.3 Å². The van der Waals surface area contributed by atoms with E-state index in [1.807, 2.05) is 19.9 Å². The molecule has 0 N–H and O–H groups in total. The number of benzene rings is 1. The third-order valence-corrected chi connectivity index (χ3v) is 3.01. The zero-order chi connectivity index (χ0) is 16.9. The largest absolute Gasteiger partial charge is 0.491 e. The zero-order valence-electron chi connectivity index (χ0n) is 14.1. The maximum absolute atomic E-state index is 12.1. The van der Waals surface area contributed by atoms with Gasteiger partial charge in [0.05, 0.1) is 13.2 Å². The molecule has 0 radical (unpaired) electrons. The Balaban J connectivity index is 3.16. The van der Waals surface area contributed by atoms with Crippen molar-refractivity contribution in [3.8, 4) is 5.75 Å². The van der Waals surface area contributed by atoms with Crippen molar-refractivity contribution in [2.45, 2.75) is 46.1 Å². The summed E-state index contributed by atoms with van der Waals surface area (Å²) in [5.41, 5.74) is 1.31. The van der Waals surface area contributed by atoms with E-state index in [1.165, 1.54) is 13.2 Å². The minimum Gasteiger partial charge on any atom is -0.491 e. The normalized spacial score (nSPS) is 11.8. The molecule has 0 spiro atoms. The number of ketones is 1. The van der Waals surface area contributed by atoms with Crippen LogP contribution < -0.4 is 4.74 Å². The lowest BCUT2D eigenvalue weighted by atomic mass is 9.85. The number of carbonyl (C=O) groups is 2. The number of methoxy groups -OCH3 is 1. The predicted molar refractivity (Wildman–Crippen MR) is 86.4 cm³/mol. The van der Waals surface area contributed by atoms with Gasteiger partial charge in [0, 0.05) is 17.2 Å². The molecule has 0 amide bonds. The SMILES string of the molecule is COC(=O)/C=C/C(=O)c1ccc(OC(C)C)c(C(C)(C)C)c1. The van der Waals surface area contributed by atoms with Gasteiger partial charge in [0.25, 0.3) is 0 Å². The predicted octanol–water partition coefficient (Wildman–Crippen LogP) is 3.68. The van der Waals surface area contributed by atoms with E-state index in [0.717, 1.165) is 17.4 Å². The Kier molecular flexibility index (Phi) is 5.92. The van der Waals surface area contributed by atoms with Gasteiger partial charge in [-0.05, 0) is 43.5 Å². The van der Waals surface area contributed by atoms with Crippen LogP contribution in [0.15, 0.2) is 30.4 Å². The Morgan fingerprint density at radius 2 is 1.77 bits per heavy atom. The van der Waals surface area contributed by atoms with Crippen molar-refractivity contribution >= 4 is 11.8 Å². The second-order valence-corrected chi connectivity index (χ2v) is 6.35. The Bertz CT molecular complexity index is 577. The van der Waals surface area contributed by atoms with E-state index in [9.17, 15) is 9.59 Å². The number of hydrogen-bond acceptors (Lipinski definition) is 4. The molecule has 0 aliphatic heterocycles. The van der Waals surface area contributed by atoms with Crippen LogP contribution in [0.3, 0.4) is 0 Å². The maximum Gasteiger partial charge on any atom is 0.330 e. The van der Waals surface area contributed by atoms with E-state index in [1.54, 1.807) is 12.1 Å². The molecule has 1 rings (SSSR count). The van der Waals surface area contributed by atoms with E-state index < -0.39 is 5.97 Å². The van der Waals surface area contributed by atoms with Crippen LogP contribution in [0.2, 0.25) is 0 Å². The highest BCUT2D eigenvalue weighted by Crippen LogP contribution is 2.33. The number of ether oxygens (including phenoxy) is 2. The molecule has 0 unspecified atom stereocenters. The minimum atomic E-state index is -0.552. The number of hydrogen-bond donors (Lipinski definition) is 0. The molecule has 0 aliphatic rings. The van der Waals surface area contributed by atoms with Crippen molar-refractivity contribution in [2.75, 3.05) is 7.11 Å². The topological polar surface area (TPSA) is 52.6 Å². The molecular formula is C18H24O4. The summed E-state index contributed by atoms with van der Waals surface area (Å²) in [6, 6.07) is 5.33. The fourth-order valence-corrected chi connectivity index (χ4v) is 1.93. The first-order valence-corrected chi connectivity index (χ1v) is 7.26. The molecule has 1 aromatic rings. The lowest BCUT2D eigenvalue weighted by Gasteiger charge is -2.24. The Labute approximate surface area is 132 Å². The first-order valence-electron chi connectivity index (χ1n) is 7.26. The Morgan fingerprint density at radius 3 is 2.27 bits per heavy atom. The standard InChI is InChI=1S/C18H24O4/c1-12(2)22-16-9-7-13(11-14(16)18(3,4)5)15(19)8-10-17(20)21-6/h7-12H,1-6H3/b10-8+. The van der Waals surface area contributed by atoms with Crippen molar-refractivity contribution in [3.63, 3.8) is 0 Å². The van der Waals surface area contributed by atoms with Gasteiger partial charge in [0.15, 0.2) is 5.78 Å². The highest BCUT2D eigenvalue weighted by molar-refractivity contribution is 6.07. The highest BCUT2D eigenvalue weighted by atomic mass is 16.5. The zero-order valence-corrected chi connectivity index (χ0v) is 14.1. The van der Waals surface area contributed by atoms with Crippen LogP contribution in [0, 0.1) is 0 Å². The van der Waals surface area contributed by atoms with E-state index in [0.29, 0.717) is 5.56 Å². The molecule has 0 aromatic heterocycles. The highest BCUT2D eigenvalue weighted by Gasteiger charge is 2.21. The molecule has 4 heteroatoms. The number of allylic oxidation sites excluding steroid dienone is 1. The molecule has 0 bridgehead atoms. The van der Waals surface area contributed by atoms with Gasteiger partial charge in [0.1, 0.15) is 5.75 Å². The first kappa shape index (κ1) is 18.0. The van der Waals surface area contributed by atoms with Crippen LogP contribution in [0.4, 0.5) is 0 Å². The number of rotatable bonds is 5. The van der Waals surface area contributed by atoms with Gasteiger partial charge in [-0.25, -0.2) is 4.79 Å². The first-order chi connectivity index (χ1) is 10.1. The van der Waals surface area contributed by atoms with Gasteiger partial charge in [-0.15, -0.1) is 0 Å². The maximum atomic E-state index is 12.1. The van der Waals surface area contributed by atoms with Gasteiger partial charge >= 0.3 is 5.97 Å². The number of carbonyl (C=O) groups excluding carboxylic acids is 2. The molecule has 120 valence electrons. The van der Waals surface area contributed by atoms with E-state index in [2.05, 4.69) is 25.5 Å². The molecule has 0 aliphatic carbocycles. The lowest BCUT2D eigenvalue weighted by molar-refractivity contribution is -0.134. The fraction of sp³-hybridized carbons (Fsp3) is 0.444. The Morgan fingerprint density at radius 1 is 1.14 bits per heavy atom. The molecule has 4 nitrogen and oxygen atoms in total. The molecule has 0 heterocycles. The van der Waals surface area contributed by atoms with Crippen LogP contribution in [-0.2, 0) is 14.9 Å². The van der Waals surface area contributed by atoms with E-state index in [4.69, 9.17) is 4.74 Å². The fourth-order valence-electron chi connectivity index (χ4n) is 1.93. The monoisotopic (exact) mass is 304 g/mol. The summed E-state index contributed by atoms with van der Waals surface area (Å²) in [5.74, 6) is -0.0212. The summed E-state index contributed by atoms with van der Waals surface area (Å²) >= 11 is 0. The van der Waals surface area contributed by atoms with Gasteiger partial charge < -0.3 is 9.47 Å². The van der Waals surface area contributed by atoms with Crippen molar-refractivity contribution in [3.05, 3.63) is 41.5 Å². The average molecular weight is 304 g/mol. The second-order valence-electron chi connectivity index (χ2n) is 6.35. The van der Waals surface area contributed by atoms with Crippen LogP contribution in [0.1, 0.15) is 50.5 Å². The summed E-state index contributed by atoms with van der Waals surface area (Å²) in [4.78, 5) is 23.2. The average Bonchev–Trinajstić information content (AvgIpc) is 2.42. The van der Waals surface area contributed by atoms with Crippen molar-refractivity contribution in [2.24, 2.45) is 0 Å². The van der Waals surface area contributed by atoms with Crippen molar-refractivity contribution in [1.29, 1.82) is 0 Å².